The molecule has 0 N–H and O–H groups in total. The van der Waals surface area contributed by atoms with Gasteiger partial charge in [0.1, 0.15) is 0 Å². The molecule has 1 saturated carbocycles. The molecule has 0 unspecified atom stereocenters. The Kier molecular flexibility index (Phi) is 7.33. The molecule has 0 atom stereocenters. The highest BCUT2D eigenvalue weighted by Crippen LogP contribution is 2.23. The maximum atomic E-state index is 12.3. The molecule has 1 fully saturated rings. The topological polar surface area (TPSA) is 29.5 Å². The minimum absolute atomic E-state index is 0.282. The van der Waals surface area contributed by atoms with Crippen molar-refractivity contribution in [1.29, 1.82) is 0 Å². The second-order valence-corrected chi connectivity index (χ2v) is 5.80. The fourth-order valence-electron chi connectivity index (χ4n) is 2.63. The lowest BCUT2D eigenvalue weighted by molar-refractivity contribution is -0.135. The van der Waals surface area contributed by atoms with E-state index in [0.717, 1.165) is 13.0 Å². The number of nitrogens with zero attached hydrogens (tertiary/aromatic N) is 1. The van der Waals surface area contributed by atoms with E-state index in [0.29, 0.717) is 25.0 Å². The SMILES string of the molecule is COCCC(=O)N(CCC(C)C)C1CCCCC1. The number of hydrogen-bond acceptors (Lipinski definition) is 2. The Labute approximate surface area is 112 Å². The van der Waals surface area contributed by atoms with E-state index < -0.39 is 0 Å². The molecule has 3 nitrogen and oxygen atoms in total. The molecular weight excluding hydrogens is 226 g/mol. The number of carbonyl (C=O) groups excluding carboxylic acids is 1. The summed E-state index contributed by atoms with van der Waals surface area (Å²) in [5.74, 6) is 0.940. The predicted molar refractivity (Wildman–Crippen MR) is 74.5 cm³/mol. The molecule has 1 aliphatic carbocycles. The summed E-state index contributed by atoms with van der Waals surface area (Å²) in [6.45, 7) is 5.91. The van der Waals surface area contributed by atoms with E-state index in [9.17, 15) is 4.79 Å². The minimum atomic E-state index is 0.282. The normalized spacial score (nSPS) is 17.1. The van der Waals surface area contributed by atoms with Crippen LogP contribution in [0.1, 0.15) is 58.8 Å². The van der Waals surface area contributed by atoms with Crippen molar-refractivity contribution in [2.75, 3.05) is 20.3 Å². The lowest BCUT2D eigenvalue weighted by atomic mass is 9.93. The molecule has 0 saturated heterocycles. The van der Waals surface area contributed by atoms with E-state index in [4.69, 9.17) is 4.74 Å². The molecule has 106 valence electrons. The van der Waals surface area contributed by atoms with Crippen molar-refractivity contribution in [1.82, 2.24) is 4.90 Å². The average molecular weight is 255 g/mol. The minimum Gasteiger partial charge on any atom is -0.384 e. The monoisotopic (exact) mass is 255 g/mol. The van der Waals surface area contributed by atoms with Gasteiger partial charge in [0.15, 0.2) is 0 Å². The van der Waals surface area contributed by atoms with Crippen LogP contribution in [0.3, 0.4) is 0 Å². The number of ether oxygens (including phenoxy) is 1. The molecule has 1 rings (SSSR count). The maximum absolute atomic E-state index is 12.3. The van der Waals surface area contributed by atoms with Crippen molar-refractivity contribution in [2.24, 2.45) is 5.92 Å². The quantitative estimate of drug-likeness (QED) is 0.699. The smallest absolute Gasteiger partial charge is 0.225 e. The highest BCUT2D eigenvalue weighted by molar-refractivity contribution is 5.76. The second-order valence-electron chi connectivity index (χ2n) is 5.80. The van der Waals surface area contributed by atoms with Crippen LogP contribution < -0.4 is 0 Å². The van der Waals surface area contributed by atoms with Crippen molar-refractivity contribution in [2.45, 2.75) is 64.8 Å². The van der Waals surface area contributed by atoms with Crippen LogP contribution in [0, 0.1) is 5.92 Å². The first-order chi connectivity index (χ1) is 8.65. The number of methoxy groups -OCH3 is 1. The van der Waals surface area contributed by atoms with Crippen molar-refractivity contribution in [3.63, 3.8) is 0 Å². The van der Waals surface area contributed by atoms with E-state index in [1.807, 2.05) is 0 Å². The zero-order valence-corrected chi connectivity index (χ0v) is 12.3. The Hall–Kier alpha value is -0.570. The summed E-state index contributed by atoms with van der Waals surface area (Å²) < 4.78 is 5.03. The summed E-state index contributed by atoms with van der Waals surface area (Å²) >= 11 is 0. The fraction of sp³-hybridized carbons (Fsp3) is 0.933. The van der Waals surface area contributed by atoms with Gasteiger partial charge in [-0.25, -0.2) is 0 Å². The lowest BCUT2D eigenvalue weighted by Gasteiger charge is -2.35. The molecule has 18 heavy (non-hydrogen) atoms. The van der Waals surface area contributed by atoms with Crippen LogP contribution in [-0.2, 0) is 9.53 Å². The van der Waals surface area contributed by atoms with E-state index in [2.05, 4.69) is 18.7 Å². The van der Waals surface area contributed by atoms with Gasteiger partial charge in [-0.2, -0.15) is 0 Å². The van der Waals surface area contributed by atoms with Gasteiger partial charge in [-0.3, -0.25) is 4.79 Å². The molecule has 0 radical (unpaired) electrons. The van der Waals surface area contributed by atoms with Crippen molar-refractivity contribution in [3.8, 4) is 0 Å². The van der Waals surface area contributed by atoms with E-state index in [1.165, 1.54) is 32.1 Å². The third-order valence-electron chi connectivity index (χ3n) is 3.80. The molecule has 1 amide bonds. The summed E-state index contributed by atoms with van der Waals surface area (Å²) in [6.07, 6.45) is 7.91. The van der Waals surface area contributed by atoms with Crippen molar-refractivity contribution < 1.29 is 9.53 Å². The summed E-state index contributed by atoms with van der Waals surface area (Å²) in [7, 11) is 1.66. The van der Waals surface area contributed by atoms with Gasteiger partial charge in [0.05, 0.1) is 13.0 Å². The van der Waals surface area contributed by atoms with Gasteiger partial charge in [-0.15, -0.1) is 0 Å². The Morgan fingerprint density at radius 1 is 1.28 bits per heavy atom. The standard InChI is InChI=1S/C15H29NO2/c1-13(2)9-11-16(15(17)10-12-18-3)14-7-5-4-6-8-14/h13-14H,4-12H2,1-3H3. The van der Waals surface area contributed by atoms with Gasteiger partial charge in [0.2, 0.25) is 5.91 Å². The van der Waals surface area contributed by atoms with Crippen molar-refractivity contribution >= 4 is 5.91 Å². The van der Waals surface area contributed by atoms with E-state index in [1.54, 1.807) is 7.11 Å². The molecule has 0 aromatic heterocycles. The van der Waals surface area contributed by atoms with Gasteiger partial charge in [0.25, 0.3) is 0 Å². The summed E-state index contributed by atoms with van der Waals surface area (Å²) in [5.41, 5.74) is 0. The van der Waals surface area contributed by atoms with Crippen LogP contribution in [0.4, 0.5) is 0 Å². The first-order valence-electron chi connectivity index (χ1n) is 7.43. The third kappa shape index (κ3) is 5.38. The summed E-state index contributed by atoms with van der Waals surface area (Å²) in [6, 6.07) is 0.488. The fourth-order valence-corrected chi connectivity index (χ4v) is 2.63. The number of amides is 1. The van der Waals surface area contributed by atoms with Crippen LogP contribution in [0.25, 0.3) is 0 Å². The van der Waals surface area contributed by atoms with Crippen LogP contribution in [0.15, 0.2) is 0 Å². The number of carbonyl (C=O) groups is 1. The first kappa shape index (κ1) is 15.5. The Balaban J connectivity index is 2.51. The molecule has 0 bridgehead atoms. The van der Waals surface area contributed by atoms with Gasteiger partial charge in [-0.1, -0.05) is 33.1 Å². The van der Waals surface area contributed by atoms with Gasteiger partial charge in [0, 0.05) is 19.7 Å². The van der Waals surface area contributed by atoms with Gasteiger partial charge in [-0.05, 0) is 25.2 Å². The molecule has 3 heteroatoms. The second kappa shape index (κ2) is 8.52. The maximum Gasteiger partial charge on any atom is 0.225 e. The molecule has 0 aliphatic heterocycles. The highest BCUT2D eigenvalue weighted by Gasteiger charge is 2.24. The summed E-state index contributed by atoms with van der Waals surface area (Å²) in [4.78, 5) is 14.4. The number of rotatable bonds is 7. The van der Waals surface area contributed by atoms with Crippen LogP contribution in [0.2, 0.25) is 0 Å². The van der Waals surface area contributed by atoms with Crippen LogP contribution in [-0.4, -0.2) is 37.1 Å². The molecule has 0 aromatic carbocycles. The molecule has 0 heterocycles. The van der Waals surface area contributed by atoms with Gasteiger partial charge < -0.3 is 9.64 Å². The van der Waals surface area contributed by atoms with E-state index >= 15 is 0 Å². The molecule has 1 aliphatic rings. The van der Waals surface area contributed by atoms with Crippen LogP contribution in [0.5, 0.6) is 0 Å². The third-order valence-corrected chi connectivity index (χ3v) is 3.80. The largest absolute Gasteiger partial charge is 0.384 e. The Bertz CT molecular complexity index is 235. The average Bonchev–Trinajstić information content (AvgIpc) is 2.37. The van der Waals surface area contributed by atoms with Gasteiger partial charge >= 0.3 is 0 Å². The summed E-state index contributed by atoms with van der Waals surface area (Å²) in [5, 5.41) is 0. The molecule has 0 aromatic rings. The van der Waals surface area contributed by atoms with Crippen molar-refractivity contribution in [3.05, 3.63) is 0 Å². The molecule has 0 spiro atoms. The zero-order valence-electron chi connectivity index (χ0n) is 12.3. The number of hydrogen-bond donors (Lipinski definition) is 0. The van der Waals surface area contributed by atoms with E-state index in [-0.39, 0.29) is 5.91 Å². The molecular formula is C15H29NO2. The van der Waals surface area contributed by atoms with Crippen LogP contribution >= 0.6 is 0 Å². The highest BCUT2D eigenvalue weighted by atomic mass is 16.5. The zero-order chi connectivity index (χ0) is 13.4. The first-order valence-corrected chi connectivity index (χ1v) is 7.43. The lowest BCUT2D eigenvalue weighted by Crippen LogP contribution is -2.42. The Morgan fingerprint density at radius 3 is 2.50 bits per heavy atom. The predicted octanol–water partition coefficient (Wildman–Crippen LogP) is 3.23. The Morgan fingerprint density at radius 2 is 1.94 bits per heavy atom.